The van der Waals surface area contributed by atoms with Gasteiger partial charge in [-0.25, -0.2) is 0 Å². The number of phenolic OH excluding ortho intramolecular Hbond substituents is 1. The molecule has 3 heteroatoms. The molecule has 0 aliphatic carbocycles. The molecule has 0 bridgehead atoms. The van der Waals surface area contributed by atoms with Gasteiger partial charge in [0.25, 0.3) is 6.69 Å². The van der Waals surface area contributed by atoms with E-state index in [9.17, 15) is 0 Å². The van der Waals surface area contributed by atoms with E-state index in [0.717, 1.165) is 5.46 Å². The minimum Gasteiger partial charge on any atom is -0.508 e. The first-order chi connectivity index (χ1) is 4.34. The molecule has 9 heavy (non-hydrogen) atoms. The van der Waals surface area contributed by atoms with Gasteiger partial charge < -0.3 is 5.11 Å². The molecule has 0 spiro atoms. The van der Waals surface area contributed by atoms with E-state index in [4.69, 9.17) is 16.6 Å². The number of hydrogen-bond donors (Lipinski definition) is 1. The van der Waals surface area contributed by atoms with Crippen LogP contribution in [0.5, 0.6) is 5.75 Å². The van der Waals surface area contributed by atoms with E-state index >= 15 is 0 Å². The van der Waals surface area contributed by atoms with E-state index in [0.29, 0.717) is 6.69 Å². The zero-order valence-electron chi connectivity index (χ0n) is 4.84. The molecule has 1 N–H and O–H groups in total. The Morgan fingerprint density at radius 1 is 1.33 bits per heavy atom. The lowest BCUT2D eigenvalue weighted by Gasteiger charge is -1.94. The summed E-state index contributed by atoms with van der Waals surface area (Å²) in [6.07, 6.45) is 0. The van der Waals surface area contributed by atoms with Crippen LogP contribution >= 0.6 is 11.5 Å². The molecule has 0 atom stereocenters. The molecule has 1 nitrogen and oxygen atoms in total. The fraction of sp³-hybridized carbons (Fsp3) is 0. The van der Waals surface area contributed by atoms with E-state index in [-0.39, 0.29) is 5.75 Å². The number of phenols is 1. The molecule has 0 heterocycles. The van der Waals surface area contributed by atoms with Crippen molar-refractivity contribution in [2.24, 2.45) is 0 Å². The Kier molecular flexibility index (Phi) is 2.01. The molecule has 0 saturated heterocycles. The van der Waals surface area contributed by atoms with Gasteiger partial charge in [0.05, 0.1) is 0 Å². The van der Waals surface area contributed by atoms with Crippen molar-refractivity contribution >= 4 is 23.6 Å². The first kappa shape index (κ1) is 6.49. The molecular weight excluding hydrogens is 134 g/mol. The van der Waals surface area contributed by atoms with Gasteiger partial charge in [-0.2, -0.15) is 11.5 Å². The van der Waals surface area contributed by atoms with Gasteiger partial charge in [-0.1, -0.05) is 18.2 Å². The highest BCUT2D eigenvalue weighted by atomic mass is 35.5. The van der Waals surface area contributed by atoms with Crippen molar-refractivity contribution < 1.29 is 5.11 Å². The SMILES string of the molecule is Oc1ccccc1BCl. The summed E-state index contributed by atoms with van der Waals surface area (Å²) in [5.74, 6) is 0.271. The molecule has 0 unspecified atom stereocenters. The van der Waals surface area contributed by atoms with Crippen molar-refractivity contribution in [3.63, 3.8) is 0 Å². The van der Waals surface area contributed by atoms with Crippen LogP contribution in [0.25, 0.3) is 0 Å². The number of para-hydroxylation sites is 1. The first-order valence-electron chi connectivity index (χ1n) is 2.67. The highest BCUT2D eigenvalue weighted by Crippen LogP contribution is 2.01. The molecule has 0 aliphatic rings. The maximum atomic E-state index is 9.03. The normalized spacial score (nSPS) is 9.00. The molecule has 0 saturated carbocycles. The lowest BCUT2D eigenvalue weighted by atomic mass is 9.94. The molecule has 0 aliphatic heterocycles. The molecule has 0 fully saturated rings. The molecule has 0 aromatic heterocycles. The zero-order chi connectivity index (χ0) is 6.69. The zero-order valence-corrected chi connectivity index (χ0v) is 5.60. The van der Waals surface area contributed by atoms with Crippen LogP contribution in [-0.4, -0.2) is 11.8 Å². The number of halogens is 1. The third kappa shape index (κ3) is 1.39. The van der Waals surface area contributed by atoms with E-state index in [2.05, 4.69) is 0 Å². The van der Waals surface area contributed by atoms with Crippen molar-refractivity contribution in [2.45, 2.75) is 0 Å². The number of aromatic hydroxyl groups is 1. The highest BCUT2D eigenvalue weighted by molar-refractivity contribution is 7.01. The summed E-state index contributed by atoms with van der Waals surface area (Å²) in [6, 6.07) is 7.03. The first-order valence-corrected chi connectivity index (χ1v) is 3.21. The minimum atomic E-state index is 0.271. The fourth-order valence-corrected chi connectivity index (χ4v) is 0.850. The van der Waals surface area contributed by atoms with Crippen LogP contribution in [0.1, 0.15) is 0 Å². The largest absolute Gasteiger partial charge is 0.508 e. The summed E-state index contributed by atoms with van der Waals surface area (Å²) in [7, 11) is 0. The summed E-state index contributed by atoms with van der Waals surface area (Å²) in [5, 5.41) is 9.03. The predicted molar refractivity (Wildman–Crippen MR) is 40.7 cm³/mol. The van der Waals surface area contributed by atoms with Crippen molar-refractivity contribution in [3.8, 4) is 5.75 Å². The van der Waals surface area contributed by atoms with Crippen molar-refractivity contribution in [1.82, 2.24) is 0 Å². The Morgan fingerprint density at radius 3 is 2.44 bits per heavy atom. The lowest BCUT2D eigenvalue weighted by Crippen LogP contribution is -2.07. The molecule has 1 aromatic carbocycles. The number of benzene rings is 1. The highest BCUT2D eigenvalue weighted by Gasteiger charge is 1.95. The van der Waals surface area contributed by atoms with Gasteiger partial charge in [0.15, 0.2) is 0 Å². The monoisotopic (exact) mass is 140 g/mol. The molecule has 1 aromatic rings. The second kappa shape index (κ2) is 2.78. The van der Waals surface area contributed by atoms with Gasteiger partial charge in [0, 0.05) is 0 Å². The van der Waals surface area contributed by atoms with Crippen LogP contribution in [0.2, 0.25) is 0 Å². The number of rotatable bonds is 1. The van der Waals surface area contributed by atoms with Crippen molar-refractivity contribution in [1.29, 1.82) is 0 Å². The Hall–Kier alpha value is -0.625. The standard InChI is InChI=1S/C6H6BClO/c8-7-5-3-1-2-4-6(5)9/h1-4,7,9H. The third-order valence-electron chi connectivity index (χ3n) is 1.14. The Bertz CT molecular complexity index is 202. The van der Waals surface area contributed by atoms with Gasteiger partial charge >= 0.3 is 0 Å². The second-order valence-corrected chi connectivity index (χ2v) is 2.03. The molecular formula is C6H6BClO. The van der Waals surface area contributed by atoms with Gasteiger partial charge in [-0.15, -0.1) is 0 Å². The van der Waals surface area contributed by atoms with Crippen LogP contribution in [0.15, 0.2) is 24.3 Å². The summed E-state index contributed by atoms with van der Waals surface area (Å²) in [5.41, 5.74) is 0.777. The molecule has 0 radical (unpaired) electrons. The van der Waals surface area contributed by atoms with Crippen LogP contribution in [0, 0.1) is 0 Å². The summed E-state index contributed by atoms with van der Waals surface area (Å²) in [6.45, 7) is 0.368. The Balaban J connectivity index is 3.01. The van der Waals surface area contributed by atoms with Gasteiger partial charge in [0.1, 0.15) is 5.75 Å². The third-order valence-corrected chi connectivity index (χ3v) is 1.42. The maximum absolute atomic E-state index is 9.03. The van der Waals surface area contributed by atoms with Gasteiger partial charge in [-0.3, -0.25) is 0 Å². The lowest BCUT2D eigenvalue weighted by molar-refractivity contribution is 0.479. The van der Waals surface area contributed by atoms with Crippen LogP contribution < -0.4 is 5.46 Å². The van der Waals surface area contributed by atoms with E-state index in [1.54, 1.807) is 18.2 Å². The maximum Gasteiger partial charge on any atom is 0.269 e. The quantitative estimate of drug-likeness (QED) is 0.567. The molecule has 46 valence electrons. The second-order valence-electron chi connectivity index (χ2n) is 1.76. The fourth-order valence-electron chi connectivity index (χ4n) is 0.624. The van der Waals surface area contributed by atoms with Gasteiger partial charge in [0.2, 0.25) is 0 Å². The van der Waals surface area contributed by atoms with E-state index < -0.39 is 0 Å². The number of hydrogen-bond acceptors (Lipinski definition) is 1. The topological polar surface area (TPSA) is 20.2 Å². The van der Waals surface area contributed by atoms with Crippen LogP contribution in [0.4, 0.5) is 0 Å². The van der Waals surface area contributed by atoms with Gasteiger partial charge in [-0.05, 0) is 11.5 Å². The van der Waals surface area contributed by atoms with Crippen molar-refractivity contribution in [3.05, 3.63) is 24.3 Å². The molecule has 0 amide bonds. The summed E-state index contributed by atoms with van der Waals surface area (Å²) in [4.78, 5) is 0. The average Bonchev–Trinajstić information content (AvgIpc) is 1.89. The summed E-state index contributed by atoms with van der Waals surface area (Å²) < 4.78 is 0. The Morgan fingerprint density at radius 2 is 2.00 bits per heavy atom. The van der Waals surface area contributed by atoms with Crippen molar-refractivity contribution in [2.75, 3.05) is 0 Å². The van der Waals surface area contributed by atoms with E-state index in [1.807, 2.05) is 6.07 Å². The minimum absolute atomic E-state index is 0.271. The summed E-state index contributed by atoms with van der Waals surface area (Å²) >= 11 is 5.47. The van der Waals surface area contributed by atoms with E-state index in [1.165, 1.54) is 0 Å². The Labute approximate surface area is 59.4 Å². The molecule has 1 rings (SSSR count). The van der Waals surface area contributed by atoms with Crippen LogP contribution in [-0.2, 0) is 0 Å². The predicted octanol–water partition coefficient (Wildman–Crippen LogP) is 0.608. The average molecular weight is 140 g/mol. The van der Waals surface area contributed by atoms with Crippen LogP contribution in [0.3, 0.4) is 0 Å². The smallest absolute Gasteiger partial charge is 0.269 e.